The number of hydrogen-bond acceptors (Lipinski definition) is 4. The largest absolute Gasteiger partial charge is 0.335 e. The molecule has 0 radical (unpaired) electrons. The van der Waals surface area contributed by atoms with E-state index in [2.05, 4.69) is 10.3 Å². The molecule has 2 aromatic heterocycles. The van der Waals surface area contributed by atoms with E-state index in [0.717, 1.165) is 23.7 Å². The Kier molecular flexibility index (Phi) is 3.11. The maximum atomic E-state index is 12.0. The summed E-state index contributed by atoms with van der Waals surface area (Å²) >= 11 is 1.63. The van der Waals surface area contributed by atoms with E-state index in [1.807, 2.05) is 39.4 Å². The van der Waals surface area contributed by atoms with E-state index in [1.54, 1.807) is 17.4 Å². The van der Waals surface area contributed by atoms with Crippen molar-refractivity contribution < 1.29 is 4.79 Å². The van der Waals surface area contributed by atoms with E-state index in [0.29, 0.717) is 5.92 Å². The van der Waals surface area contributed by atoms with Crippen LogP contribution in [0.5, 0.6) is 0 Å². The summed E-state index contributed by atoms with van der Waals surface area (Å²) in [6, 6.07) is 4.27. The van der Waals surface area contributed by atoms with Crippen molar-refractivity contribution >= 4 is 23.3 Å². The molecule has 1 aliphatic carbocycles. The minimum Gasteiger partial charge on any atom is -0.335 e. The summed E-state index contributed by atoms with van der Waals surface area (Å²) in [4.78, 5) is 15.0. The van der Waals surface area contributed by atoms with Crippen molar-refractivity contribution in [1.82, 2.24) is 19.9 Å². The fourth-order valence-electron chi connectivity index (χ4n) is 2.48. The predicted octanol–water partition coefficient (Wildman–Crippen LogP) is 2.31. The molecule has 108 valence electrons. The molecule has 0 atom stereocenters. The number of amides is 1. The van der Waals surface area contributed by atoms with Gasteiger partial charge in [0.25, 0.3) is 0 Å². The van der Waals surface area contributed by atoms with Crippen molar-refractivity contribution in [2.75, 3.05) is 13.1 Å². The van der Waals surface area contributed by atoms with Crippen LogP contribution in [-0.4, -0.2) is 38.9 Å². The maximum absolute atomic E-state index is 12.0. The molecule has 0 spiro atoms. The molecule has 0 N–H and O–H groups in total. The first-order chi connectivity index (χ1) is 10.3. The molecule has 2 aliphatic rings. The summed E-state index contributed by atoms with van der Waals surface area (Å²) in [6.07, 6.45) is 8.05. The zero-order chi connectivity index (χ0) is 14.2. The molecule has 6 heteroatoms. The van der Waals surface area contributed by atoms with Crippen LogP contribution in [0.4, 0.5) is 0 Å². The third-order valence-electron chi connectivity index (χ3n) is 4.01. The van der Waals surface area contributed by atoms with Gasteiger partial charge >= 0.3 is 0 Å². The van der Waals surface area contributed by atoms with Gasteiger partial charge in [0.1, 0.15) is 0 Å². The van der Waals surface area contributed by atoms with Gasteiger partial charge in [-0.15, -0.1) is 16.4 Å². The van der Waals surface area contributed by atoms with Crippen molar-refractivity contribution in [3.05, 3.63) is 40.4 Å². The summed E-state index contributed by atoms with van der Waals surface area (Å²) in [5, 5.41) is 10.4. The number of hydrogen-bond donors (Lipinski definition) is 0. The minimum absolute atomic E-state index is 0.0715. The summed E-state index contributed by atoms with van der Waals surface area (Å²) < 4.78 is 1.92. The molecule has 1 saturated carbocycles. The number of rotatable bonds is 4. The smallest absolute Gasteiger partial charge is 0.246 e. The average Bonchev–Trinajstić information content (AvgIpc) is 2.97. The highest BCUT2D eigenvalue weighted by atomic mass is 32.1. The second-order valence-electron chi connectivity index (χ2n) is 5.64. The molecule has 21 heavy (non-hydrogen) atoms. The molecular formula is C15H16N4OS. The lowest BCUT2D eigenvalue weighted by atomic mass is 10.1. The Morgan fingerprint density at radius 1 is 1.38 bits per heavy atom. The van der Waals surface area contributed by atoms with Crippen LogP contribution in [0.15, 0.2) is 29.8 Å². The van der Waals surface area contributed by atoms with E-state index < -0.39 is 0 Å². The molecule has 3 heterocycles. The number of thiophene rings is 1. The van der Waals surface area contributed by atoms with Crippen molar-refractivity contribution in [2.24, 2.45) is 0 Å². The van der Waals surface area contributed by atoms with Gasteiger partial charge < -0.3 is 4.90 Å². The first-order valence-electron chi connectivity index (χ1n) is 7.22. The topological polar surface area (TPSA) is 51.0 Å². The van der Waals surface area contributed by atoms with Gasteiger partial charge in [-0.2, -0.15) is 0 Å². The Balaban J connectivity index is 1.32. The van der Waals surface area contributed by atoms with Crippen molar-refractivity contribution in [3.8, 4) is 0 Å². The van der Waals surface area contributed by atoms with Crippen LogP contribution < -0.4 is 0 Å². The second-order valence-corrected chi connectivity index (χ2v) is 6.62. The van der Waals surface area contributed by atoms with Gasteiger partial charge in [0, 0.05) is 36.2 Å². The van der Waals surface area contributed by atoms with Gasteiger partial charge in [0.15, 0.2) is 0 Å². The van der Waals surface area contributed by atoms with Gasteiger partial charge in [-0.25, -0.2) is 4.68 Å². The van der Waals surface area contributed by atoms with E-state index >= 15 is 0 Å². The first kappa shape index (κ1) is 12.8. The fraction of sp³-hybridized carbons (Fsp3) is 0.400. The molecule has 2 fully saturated rings. The highest BCUT2D eigenvalue weighted by molar-refractivity contribution is 7.10. The van der Waals surface area contributed by atoms with Gasteiger partial charge in [-0.05, 0) is 30.4 Å². The molecular weight excluding hydrogens is 284 g/mol. The van der Waals surface area contributed by atoms with Crippen LogP contribution >= 0.6 is 11.3 Å². The Labute approximate surface area is 126 Å². The minimum atomic E-state index is 0.0715. The molecule has 1 aliphatic heterocycles. The maximum Gasteiger partial charge on any atom is 0.246 e. The standard InChI is InChI=1S/C15H16N4OS/c20-15(6-5-13-2-1-7-21-13)18-8-12(9-18)19-10-14(16-17-19)11-3-4-11/h1-2,5-7,10-12H,3-4,8-9H2/b6-5+. The monoisotopic (exact) mass is 300 g/mol. The van der Waals surface area contributed by atoms with Crippen LogP contribution in [-0.2, 0) is 4.79 Å². The van der Waals surface area contributed by atoms with E-state index in [4.69, 9.17) is 0 Å². The Morgan fingerprint density at radius 3 is 2.95 bits per heavy atom. The zero-order valence-corrected chi connectivity index (χ0v) is 12.4. The molecule has 1 saturated heterocycles. The normalized spacial score (nSPS) is 19.1. The zero-order valence-electron chi connectivity index (χ0n) is 11.6. The van der Waals surface area contributed by atoms with Gasteiger partial charge in [0.2, 0.25) is 5.91 Å². The number of aromatic nitrogens is 3. The van der Waals surface area contributed by atoms with E-state index in [9.17, 15) is 4.79 Å². The highest BCUT2D eigenvalue weighted by Gasteiger charge is 2.33. The van der Waals surface area contributed by atoms with Crippen LogP contribution in [0.25, 0.3) is 6.08 Å². The van der Waals surface area contributed by atoms with Crippen LogP contribution in [0.1, 0.15) is 35.4 Å². The second kappa shape index (κ2) is 5.11. The lowest BCUT2D eigenvalue weighted by molar-refractivity contribution is -0.131. The summed E-state index contributed by atoms with van der Waals surface area (Å²) in [5.74, 6) is 0.701. The van der Waals surface area contributed by atoms with Crippen LogP contribution in [0.2, 0.25) is 0 Å². The Bertz CT molecular complexity index is 666. The predicted molar refractivity (Wildman–Crippen MR) is 81.0 cm³/mol. The van der Waals surface area contributed by atoms with Crippen LogP contribution in [0.3, 0.4) is 0 Å². The van der Waals surface area contributed by atoms with Crippen molar-refractivity contribution in [2.45, 2.75) is 24.8 Å². The number of carbonyl (C=O) groups excluding carboxylic acids is 1. The summed E-state index contributed by atoms with van der Waals surface area (Å²) in [6.45, 7) is 1.45. The molecule has 4 rings (SSSR count). The average molecular weight is 300 g/mol. The third-order valence-corrected chi connectivity index (χ3v) is 4.84. The number of nitrogens with zero attached hydrogens (tertiary/aromatic N) is 4. The van der Waals surface area contributed by atoms with Gasteiger partial charge in [0.05, 0.1) is 11.7 Å². The first-order valence-corrected chi connectivity index (χ1v) is 8.10. The van der Waals surface area contributed by atoms with Crippen molar-refractivity contribution in [1.29, 1.82) is 0 Å². The lowest BCUT2D eigenvalue weighted by Crippen LogP contribution is -2.50. The SMILES string of the molecule is O=C(/C=C/c1cccs1)N1CC(n2cc(C3CC3)nn2)C1. The quantitative estimate of drug-likeness (QED) is 0.814. The number of carbonyl (C=O) groups is 1. The van der Waals surface area contributed by atoms with Gasteiger partial charge in [-0.3, -0.25) is 4.79 Å². The summed E-state index contributed by atoms with van der Waals surface area (Å²) in [5.41, 5.74) is 1.11. The fourth-order valence-corrected chi connectivity index (χ4v) is 3.10. The molecule has 0 aromatic carbocycles. The van der Waals surface area contributed by atoms with E-state index in [-0.39, 0.29) is 11.9 Å². The molecule has 1 amide bonds. The van der Waals surface area contributed by atoms with Crippen LogP contribution in [0, 0.1) is 0 Å². The van der Waals surface area contributed by atoms with E-state index in [1.165, 1.54) is 12.8 Å². The third kappa shape index (κ3) is 2.63. The molecule has 5 nitrogen and oxygen atoms in total. The highest BCUT2D eigenvalue weighted by Crippen LogP contribution is 2.39. The molecule has 2 aromatic rings. The summed E-state index contributed by atoms with van der Waals surface area (Å²) in [7, 11) is 0. The Morgan fingerprint density at radius 2 is 2.24 bits per heavy atom. The Hall–Kier alpha value is -1.95. The number of likely N-dealkylation sites (tertiary alicyclic amines) is 1. The van der Waals surface area contributed by atoms with Gasteiger partial charge in [-0.1, -0.05) is 11.3 Å². The lowest BCUT2D eigenvalue weighted by Gasteiger charge is -2.38. The van der Waals surface area contributed by atoms with Crippen molar-refractivity contribution in [3.63, 3.8) is 0 Å². The molecule has 0 bridgehead atoms. The molecule has 0 unspecified atom stereocenters.